The molecule has 0 aliphatic rings. The Morgan fingerprint density at radius 2 is 1.69 bits per heavy atom. The van der Waals surface area contributed by atoms with Gasteiger partial charge in [0.1, 0.15) is 11.6 Å². The van der Waals surface area contributed by atoms with E-state index in [1.807, 2.05) is 31.2 Å². The van der Waals surface area contributed by atoms with Crippen LogP contribution in [0, 0.1) is 6.92 Å². The van der Waals surface area contributed by atoms with Crippen LogP contribution in [-0.2, 0) is 6.54 Å². The third-order valence-corrected chi connectivity index (χ3v) is 2.12. The molecule has 1 heterocycles. The van der Waals surface area contributed by atoms with E-state index < -0.39 is 0 Å². The maximum absolute atomic E-state index is 5.57. The number of aromatic nitrogens is 2. The van der Waals surface area contributed by atoms with Gasteiger partial charge in [-0.1, -0.05) is 17.7 Å². The average Bonchev–Trinajstić information content (AvgIpc) is 2.33. The van der Waals surface area contributed by atoms with E-state index in [1.165, 1.54) is 5.56 Å². The quantitative estimate of drug-likeness (QED) is 0.851. The van der Waals surface area contributed by atoms with Crippen LogP contribution >= 0.6 is 0 Å². The molecule has 0 bridgehead atoms. The summed E-state index contributed by atoms with van der Waals surface area (Å²) in [6.07, 6.45) is 3.24. The van der Waals surface area contributed by atoms with Crippen molar-refractivity contribution in [1.82, 2.24) is 9.97 Å². The Hall–Kier alpha value is -1.94. The fourth-order valence-electron chi connectivity index (χ4n) is 1.24. The molecule has 0 unspecified atom stereocenters. The zero-order chi connectivity index (χ0) is 11.4. The van der Waals surface area contributed by atoms with Gasteiger partial charge in [0.25, 0.3) is 0 Å². The summed E-state index contributed by atoms with van der Waals surface area (Å²) < 4.78 is 5.57. The minimum absolute atomic E-state index is 0.338. The topological polar surface area (TPSA) is 61.0 Å². The SMILES string of the molecule is Cc1ccc(Oc2cnc(CN)nc2)cc1. The molecule has 0 radical (unpaired) electrons. The van der Waals surface area contributed by atoms with Crippen molar-refractivity contribution in [3.63, 3.8) is 0 Å². The molecule has 0 saturated carbocycles. The van der Waals surface area contributed by atoms with Gasteiger partial charge >= 0.3 is 0 Å². The van der Waals surface area contributed by atoms with Crippen molar-refractivity contribution in [2.75, 3.05) is 0 Å². The van der Waals surface area contributed by atoms with Gasteiger partial charge in [-0.3, -0.25) is 0 Å². The third-order valence-electron chi connectivity index (χ3n) is 2.12. The zero-order valence-corrected chi connectivity index (χ0v) is 9.05. The van der Waals surface area contributed by atoms with Crippen LogP contribution in [0.5, 0.6) is 11.5 Å². The highest BCUT2D eigenvalue weighted by atomic mass is 16.5. The van der Waals surface area contributed by atoms with Crippen LogP contribution in [0.15, 0.2) is 36.7 Å². The van der Waals surface area contributed by atoms with Crippen molar-refractivity contribution in [2.45, 2.75) is 13.5 Å². The largest absolute Gasteiger partial charge is 0.454 e. The monoisotopic (exact) mass is 215 g/mol. The maximum Gasteiger partial charge on any atom is 0.164 e. The Labute approximate surface area is 94.1 Å². The Kier molecular flexibility index (Phi) is 3.12. The lowest BCUT2D eigenvalue weighted by atomic mass is 10.2. The molecule has 0 amide bonds. The first-order valence-electron chi connectivity index (χ1n) is 5.03. The van der Waals surface area contributed by atoms with E-state index in [2.05, 4.69) is 9.97 Å². The van der Waals surface area contributed by atoms with Gasteiger partial charge < -0.3 is 10.5 Å². The summed E-state index contributed by atoms with van der Waals surface area (Å²) in [5, 5.41) is 0. The molecule has 0 aliphatic carbocycles. The van der Waals surface area contributed by atoms with Crippen molar-refractivity contribution >= 4 is 0 Å². The van der Waals surface area contributed by atoms with Crippen LogP contribution in [0.3, 0.4) is 0 Å². The van der Waals surface area contributed by atoms with Crippen LogP contribution < -0.4 is 10.5 Å². The van der Waals surface area contributed by atoms with E-state index >= 15 is 0 Å². The summed E-state index contributed by atoms with van der Waals surface area (Å²) >= 11 is 0. The van der Waals surface area contributed by atoms with E-state index in [4.69, 9.17) is 10.5 Å². The van der Waals surface area contributed by atoms with E-state index in [-0.39, 0.29) is 0 Å². The highest BCUT2D eigenvalue weighted by molar-refractivity contribution is 5.30. The first-order chi connectivity index (χ1) is 7.78. The lowest BCUT2D eigenvalue weighted by molar-refractivity contribution is 0.476. The smallest absolute Gasteiger partial charge is 0.164 e. The minimum atomic E-state index is 0.338. The highest BCUT2D eigenvalue weighted by Gasteiger charge is 1.98. The van der Waals surface area contributed by atoms with Gasteiger partial charge in [0.05, 0.1) is 18.9 Å². The van der Waals surface area contributed by atoms with E-state index in [0.29, 0.717) is 18.1 Å². The average molecular weight is 215 g/mol. The number of benzene rings is 1. The van der Waals surface area contributed by atoms with Crippen molar-refractivity contribution in [1.29, 1.82) is 0 Å². The molecule has 4 heteroatoms. The Morgan fingerprint density at radius 3 is 2.25 bits per heavy atom. The molecule has 0 atom stereocenters. The standard InChI is InChI=1S/C12H13N3O/c1-9-2-4-10(5-3-9)16-11-7-14-12(6-13)15-8-11/h2-5,7-8H,6,13H2,1H3. The van der Waals surface area contributed by atoms with Gasteiger partial charge in [0, 0.05) is 0 Å². The van der Waals surface area contributed by atoms with Crippen LogP contribution in [-0.4, -0.2) is 9.97 Å². The molecule has 0 fully saturated rings. The summed E-state index contributed by atoms with van der Waals surface area (Å²) in [5.74, 6) is 1.99. The Balaban J connectivity index is 2.11. The lowest BCUT2D eigenvalue weighted by Crippen LogP contribution is -2.02. The second-order valence-electron chi connectivity index (χ2n) is 3.45. The van der Waals surface area contributed by atoms with Gasteiger partial charge in [-0.05, 0) is 19.1 Å². The van der Waals surface area contributed by atoms with E-state index in [9.17, 15) is 0 Å². The summed E-state index contributed by atoms with van der Waals surface area (Å²) in [5.41, 5.74) is 6.60. The van der Waals surface area contributed by atoms with Gasteiger partial charge in [0.2, 0.25) is 0 Å². The number of nitrogens with two attached hydrogens (primary N) is 1. The fraction of sp³-hybridized carbons (Fsp3) is 0.167. The minimum Gasteiger partial charge on any atom is -0.454 e. The first kappa shape index (κ1) is 10.6. The second kappa shape index (κ2) is 4.72. The number of ether oxygens (including phenoxy) is 1. The Morgan fingerprint density at radius 1 is 1.06 bits per heavy atom. The molecule has 2 N–H and O–H groups in total. The summed E-state index contributed by atoms with van der Waals surface area (Å²) in [4.78, 5) is 8.10. The first-order valence-corrected chi connectivity index (χ1v) is 5.03. The van der Waals surface area contributed by atoms with Crippen LogP contribution in [0.4, 0.5) is 0 Å². The Bertz CT molecular complexity index is 451. The molecule has 0 spiro atoms. The van der Waals surface area contributed by atoms with Crippen LogP contribution in [0.1, 0.15) is 11.4 Å². The zero-order valence-electron chi connectivity index (χ0n) is 9.05. The molecule has 0 saturated heterocycles. The molecule has 4 nitrogen and oxygen atoms in total. The highest BCUT2D eigenvalue weighted by Crippen LogP contribution is 2.19. The molecule has 2 aromatic rings. The van der Waals surface area contributed by atoms with Crippen LogP contribution in [0.2, 0.25) is 0 Å². The third kappa shape index (κ3) is 2.55. The maximum atomic E-state index is 5.57. The van der Waals surface area contributed by atoms with Crippen molar-refractivity contribution < 1.29 is 4.74 Å². The number of aryl methyl sites for hydroxylation is 1. The fourth-order valence-corrected chi connectivity index (χ4v) is 1.24. The number of rotatable bonds is 3. The van der Waals surface area contributed by atoms with Gasteiger partial charge in [-0.15, -0.1) is 0 Å². The van der Waals surface area contributed by atoms with Crippen molar-refractivity contribution in [3.05, 3.63) is 48.0 Å². The van der Waals surface area contributed by atoms with Crippen LogP contribution in [0.25, 0.3) is 0 Å². The predicted octanol–water partition coefficient (Wildman–Crippen LogP) is 2.04. The van der Waals surface area contributed by atoms with Gasteiger partial charge in [0.15, 0.2) is 5.75 Å². The normalized spacial score (nSPS) is 10.1. The molecule has 1 aromatic heterocycles. The lowest BCUT2D eigenvalue weighted by Gasteiger charge is -2.05. The molecular formula is C12H13N3O. The summed E-state index contributed by atoms with van der Waals surface area (Å²) in [6.45, 7) is 2.37. The van der Waals surface area contributed by atoms with Crippen molar-refractivity contribution in [2.24, 2.45) is 5.73 Å². The van der Waals surface area contributed by atoms with Crippen molar-refractivity contribution in [3.8, 4) is 11.5 Å². The van der Waals surface area contributed by atoms with E-state index in [0.717, 1.165) is 5.75 Å². The number of hydrogen-bond donors (Lipinski definition) is 1. The molecular weight excluding hydrogens is 202 g/mol. The number of hydrogen-bond acceptors (Lipinski definition) is 4. The van der Waals surface area contributed by atoms with Gasteiger partial charge in [-0.2, -0.15) is 0 Å². The van der Waals surface area contributed by atoms with Gasteiger partial charge in [-0.25, -0.2) is 9.97 Å². The molecule has 2 rings (SSSR count). The molecule has 1 aromatic carbocycles. The second-order valence-corrected chi connectivity index (χ2v) is 3.45. The van der Waals surface area contributed by atoms with E-state index in [1.54, 1.807) is 12.4 Å². The molecule has 16 heavy (non-hydrogen) atoms. The summed E-state index contributed by atoms with van der Waals surface area (Å²) in [6, 6.07) is 7.80. The predicted molar refractivity (Wildman–Crippen MR) is 61.2 cm³/mol. The number of nitrogens with zero attached hydrogens (tertiary/aromatic N) is 2. The summed E-state index contributed by atoms with van der Waals surface area (Å²) in [7, 11) is 0. The molecule has 0 aliphatic heterocycles. The molecule has 82 valence electrons.